The largest absolute Gasteiger partial charge is 0.383 e. The van der Waals surface area contributed by atoms with Crippen LogP contribution in [0.15, 0.2) is 29.3 Å². The van der Waals surface area contributed by atoms with E-state index < -0.39 is 10.0 Å². The van der Waals surface area contributed by atoms with E-state index >= 15 is 0 Å². The third-order valence-corrected chi connectivity index (χ3v) is 4.76. The number of H-pyrrole nitrogens is 1. The van der Waals surface area contributed by atoms with E-state index in [0.717, 1.165) is 11.1 Å². The van der Waals surface area contributed by atoms with Crippen molar-refractivity contribution in [1.82, 2.24) is 10.2 Å². The first kappa shape index (κ1) is 13.4. The number of nitrogens with one attached hydrogen (secondary N) is 1. The Morgan fingerprint density at radius 1 is 1.32 bits per heavy atom. The van der Waals surface area contributed by atoms with Crippen molar-refractivity contribution in [3.05, 3.63) is 35.5 Å². The zero-order valence-electron chi connectivity index (χ0n) is 11.0. The van der Waals surface area contributed by atoms with Crippen molar-refractivity contribution in [2.45, 2.75) is 18.7 Å². The van der Waals surface area contributed by atoms with Gasteiger partial charge in [0.1, 0.15) is 10.7 Å². The molecule has 2 rings (SSSR count). The molecule has 7 heteroatoms. The van der Waals surface area contributed by atoms with Gasteiger partial charge in [0.25, 0.3) is 10.0 Å². The minimum atomic E-state index is -3.70. The average molecular weight is 280 g/mol. The number of anilines is 2. The minimum Gasteiger partial charge on any atom is -0.383 e. The summed E-state index contributed by atoms with van der Waals surface area (Å²) in [6.07, 6.45) is 1.21. The Morgan fingerprint density at radius 3 is 2.53 bits per heavy atom. The predicted molar refractivity (Wildman–Crippen MR) is 74.5 cm³/mol. The van der Waals surface area contributed by atoms with Gasteiger partial charge in [-0.15, -0.1) is 0 Å². The Balaban J connectivity index is 2.50. The average Bonchev–Trinajstić information content (AvgIpc) is 2.75. The summed E-state index contributed by atoms with van der Waals surface area (Å²) >= 11 is 0. The maximum absolute atomic E-state index is 12.4. The normalized spacial score (nSPS) is 11.5. The molecule has 0 atom stereocenters. The summed E-state index contributed by atoms with van der Waals surface area (Å²) in [7, 11) is -2.20. The van der Waals surface area contributed by atoms with Gasteiger partial charge in [0.15, 0.2) is 0 Å². The molecule has 0 amide bonds. The monoisotopic (exact) mass is 280 g/mol. The van der Waals surface area contributed by atoms with Crippen LogP contribution in [0.2, 0.25) is 0 Å². The van der Waals surface area contributed by atoms with E-state index in [-0.39, 0.29) is 10.7 Å². The summed E-state index contributed by atoms with van der Waals surface area (Å²) < 4.78 is 26.1. The summed E-state index contributed by atoms with van der Waals surface area (Å²) in [5, 5.41) is 6.07. The molecule has 3 N–H and O–H groups in total. The van der Waals surface area contributed by atoms with E-state index in [1.165, 1.54) is 17.5 Å². The summed E-state index contributed by atoms with van der Waals surface area (Å²) in [5.74, 6) is 0.0385. The van der Waals surface area contributed by atoms with Crippen LogP contribution in [0.4, 0.5) is 11.5 Å². The first-order valence-electron chi connectivity index (χ1n) is 5.69. The van der Waals surface area contributed by atoms with Crippen molar-refractivity contribution in [2.24, 2.45) is 0 Å². The van der Waals surface area contributed by atoms with Crippen molar-refractivity contribution in [3.8, 4) is 0 Å². The number of nitrogens with two attached hydrogens (primary N) is 1. The molecule has 0 aliphatic rings. The molecule has 0 saturated carbocycles. The Kier molecular flexibility index (Phi) is 3.23. The predicted octanol–water partition coefficient (Wildman–Crippen LogP) is 1.43. The van der Waals surface area contributed by atoms with Crippen LogP contribution in [0.5, 0.6) is 0 Å². The van der Waals surface area contributed by atoms with E-state index in [4.69, 9.17) is 5.73 Å². The molecule has 1 aromatic heterocycles. The molecular weight excluding hydrogens is 264 g/mol. The van der Waals surface area contributed by atoms with Gasteiger partial charge < -0.3 is 5.73 Å². The molecule has 0 unspecified atom stereocenters. The first-order valence-corrected chi connectivity index (χ1v) is 7.13. The van der Waals surface area contributed by atoms with Gasteiger partial charge in [-0.25, -0.2) is 8.42 Å². The lowest BCUT2D eigenvalue weighted by molar-refractivity contribution is 0.594. The molecule has 0 bridgehead atoms. The summed E-state index contributed by atoms with van der Waals surface area (Å²) in [6, 6.07) is 5.58. The standard InChI is InChI=1S/C12H16N4O2S/c1-8-4-5-10(9(2)6-8)16(3)19(17,18)11-7-14-15-12(11)13/h4-7H,1-3H3,(H3,13,14,15). The van der Waals surface area contributed by atoms with Gasteiger partial charge in [0.05, 0.1) is 11.9 Å². The van der Waals surface area contributed by atoms with Crippen molar-refractivity contribution in [3.63, 3.8) is 0 Å². The number of benzene rings is 1. The van der Waals surface area contributed by atoms with Crippen LogP contribution in [0.25, 0.3) is 0 Å². The molecule has 19 heavy (non-hydrogen) atoms. The van der Waals surface area contributed by atoms with E-state index in [9.17, 15) is 8.42 Å². The van der Waals surface area contributed by atoms with Crippen LogP contribution in [-0.2, 0) is 10.0 Å². The zero-order chi connectivity index (χ0) is 14.2. The molecule has 102 valence electrons. The van der Waals surface area contributed by atoms with Crippen LogP contribution in [0.3, 0.4) is 0 Å². The first-order chi connectivity index (χ1) is 8.84. The van der Waals surface area contributed by atoms with Crippen LogP contribution in [0.1, 0.15) is 11.1 Å². The molecule has 0 spiro atoms. The van der Waals surface area contributed by atoms with E-state index in [1.807, 2.05) is 26.0 Å². The zero-order valence-corrected chi connectivity index (χ0v) is 11.8. The van der Waals surface area contributed by atoms with Gasteiger partial charge in [0.2, 0.25) is 0 Å². The van der Waals surface area contributed by atoms with Gasteiger partial charge in [-0.2, -0.15) is 5.10 Å². The van der Waals surface area contributed by atoms with Gasteiger partial charge in [0, 0.05) is 7.05 Å². The molecule has 6 nitrogen and oxygen atoms in total. The smallest absolute Gasteiger partial charge is 0.269 e. The van der Waals surface area contributed by atoms with Crippen LogP contribution in [0, 0.1) is 13.8 Å². The van der Waals surface area contributed by atoms with Gasteiger partial charge >= 0.3 is 0 Å². The molecule has 0 fully saturated rings. The van der Waals surface area contributed by atoms with Gasteiger partial charge in [-0.1, -0.05) is 17.7 Å². The molecule has 1 aromatic carbocycles. The van der Waals surface area contributed by atoms with Crippen molar-refractivity contribution < 1.29 is 8.42 Å². The van der Waals surface area contributed by atoms with Crippen molar-refractivity contribution in [2.75, 3.05) is 17.1 Å². The number of aromatic amines is 1. The number of hydrogen-bond donors (Lipinski definition) is 2. The molecule has 1 heterocycles. The number of nitrogen functional groups attached to an aromatic ring is 1. The third-order valence-electron chi connectivity index (χ3n) is 2.96. The van der Waals surface area contributed by atoms with Crippen LogP contribution in [-0.4, -0.2) is 25.7 Å². The summed E-state index contributed by atoms with van der Waals surface area (Å²) in [4.78, 5) is -0.0185. The second-order valence-corrected chi connectivity index (χ2v) is 6.35. The highest BCUT2D eigenvalue weighted by atomic mass is 32.2. The van der Waals surface area contributed by atoms with Gasteiger partial charge in [-0.3, -0.25) is 9.40 Å². The number of aromatic nitrogens is 2. The highest BCUT2D eigenvalue weighted by Gasteiger charge is 2.26. The highest BCUT2D eigenvalue weighted by molar-refractivity contribution is 7.93. The number of hydrogen-bond acceptors (Lipinski definition) is 4. The lowest BCUT2D eigenvalue weighted by Gasteiger charge is -2.21. The molecule has 2 aromatic rings. The van der Waals surface area contributed by atoms with E-state index in [2.05, 4.69) is 10.2 Å². The maximum atomic E-state index is 12.4. The second-order valence-electron chi connectivity index (χ2n) is 4.41. The summed E-state index contributed by atoms with van der Waals surface area (Å²) in [5.41, 5.74) is 8.16. The Bertz CT molecular complexity index is 706. The van der Waals surface area contributed by atoms with E-state index in [1.54, 1.807) is 6.07 Å². The summed E-state index contributed by atoms with van der Waals surface area (Å²) in [6.45, 7) is 3.83. The number of rotatable bonds is 3. The molecule has 0 radical (unpaired) electrons. The van der Waals surface area contributed by atoms with Crippen molar-refractivity contribution >= 4 is 21.5 Å². The fourth-order valence-electron chi connectivity index (χ4n) is 1.93. The Labute approximate surface area is 112 Å². The SMILES string of the molecule is Cc1ccc(N(C)S(=O)(=O)c2cn[nH]c2N)c(C)c1. The Hall–Kier alpha value is -2.02. The topological polar surface area (TPSA) is 92.1 Å². The lowest BCUT2D eigenvalue weighted by Crippen LogP contribution is -2.27. The molecule has 0 aliphatic carbocycles. The second kappa shape index (κ2) is 4.58. The van der Waals surface area contributed by atoms with Crippen LogP contribution < -0.4 is 10.0 Å². The lowest BCUT2D eigenvalue weighted by atomic mass is 10.1. The fraction of sp³-hybridized carbons (Fsp3) is 0.250. The molecule has 0 saturated heterocycles. The molecular formula is C12H16N4O2S. The van der Waals surface area contributed by atoms with Gasteiger partial charge in [-0.05, 0) is 25.5 Å². The number of nitrogens with zero attached hydrogens (tertiary/aromatic N) is 2. The Morgan fingerprint density at radius 2 is 2.00 bits per heavy atom. The third kappa shape index (κ3) is 2.28. The quantitative estimate of drug-likeness (QED) is 0.889. The number of aryl methyl sites for hydroxylation is 2. The van der Waals surface area contributed by atoms with E-state index in [0.29, 0.717) is 5.69 Å². The number of sulfonamides is 1. The highest BCUT2D eigenvalue weighted by Crippen LogP contribution is 2.27. The fourth-order valence-corrected chi connectivity index (χ4v) is 3.19. The van der Waals surface area contributed by atoms with Crippen molar-refractivity contribution in [1.29, 1.82) is 0 Å². The minimum absolute atomic E-state index is 0.0185. The maximum Gasteiger partial charge on any atom is 0.269 e. The molecule has 0 aliphatic heterocycles. The van der Waals surface area contributed by atoms with Crippen LogP contribution >= 0.6 is 0 Å².